The first-order chi connectivity index (χ1) is 8.16. The smallest absolute Gasteiger partial charge is 0.391 e. The van der Waals surface area contributed by atoms with Crippen LogP contribution >= 0.6 is 8.60 Å². The summed E-state index contributed by atoms with van der Waals surface area (Å²) in [5.41, 5.74) is 2.95. The van der Waals surface area contributed by atoms with Gasteiger partial charge in [-0.15, -0.1) is 0 Å². The molecule has 88 valence electrons. The fraction of sp³-hybridized carbons (Fsp3) is 0.0769. The SMILES string of the molecule is Cc1ccc(OP(O)O)c(-c2ccccc2)c1. The first kappa shape index (κ1) is 12.1. The summed E-state index contributed by atoms with van der Waals surface area (Å²) in [5.74, 6) is 0.484. The lowest BCUT2D eigenvalue weighted by atomic mass is 10.0. The summed E-state index contributed by atoms with van der Waals surface area (Å²) in [6.07, 6.45) is 0. The van der Waals surface area contributed by atoms with Gasteiger partial charge < -0.3 is 14.3 Å². The first-order valence-corrected chi connectivity index (χ1v) is 6.35. The van der Waals surface area contributed by atoms with Crippen molar-refractivity contribution < 1.29 is 14.3 Å². The molecule has 3 nitrogen and oxygen atoms in total. The maximum Gasteiger partial charge on any atom is 0.391 e. The minimum atomic E-state index is -2.39. The minimum absolute atomic E-state index is 0.484. The maximum atomic E-state index is 8.94. The van der Waals surface area contributed by atoms with Gasteiger partial charge in [-0.05, 0) is 24.6 Å². The molecule has 2 aromatic carbocycles. The minimum Gasteiger partial charge on any atom is -0.426 e. The summed E-state index contributed by atoms with van der Waals surface area (Å²) in [5, 5.41) is 0. The summed E-state index contributed by atoms with van der Waals surface area (Å²) in [4.78, 5) is 17.9. The second-order valence-corrected chi connectivity index (χ2v) is 4.40. The van der Waals surface area contributed by atoms with Gasteiger partial charge in [-0.3, -0.25) is 0 Å². The molecule has 0 heterocycles. The molecular weight excluding hydrogens is 235 g/mol. The Kier molecular flexibility index (Phi) is 3.75. The summed E-state index contributed by atoms with van der Waals surface area (Å²) >= 11 is 0. The Hall–Kier alpha value is -1.41. The van der Waals surface area contributed by atoms with Crippen molar-refractivity contribution in [1.29, 1.82) is 0 Å². The molecule has 0 aromatic heterocycles. The van der Waals surface area contributed by atoms with Crippen molar-refractivity contribution in [2.75, 3.05) is 0 Å². The third-order valence-corrected chi connectivity index (χ3v) is 2.76. The van der Waals surface area contributed by atoms with E-state index in [1.54, 1.807) is 6.07 Å². The van der Waals surface area contributed by atoms with E-state index in [1.807, 2.05) is 49.4 Å². The van der Waals surface area contributed by atoms with E-state index < -0.39 is 8.60 Å². The number of hydrogen-bond donors (Lipinski definition) is 2. The van der Waals surface area contributed by atoms with Gasteiger partial charge in [0, 0.05) is 5.56 Å². The normalized spacial score (nSPS) is 10.6. The molecule has 0 saturated carbocycles. The Morgan fingerprint density at radius 1 is 1.00 bits per heavy atom. The second kappa shape index (κ2) is 5.28. The van der Waals surface area contributed by atoms with Crippen LogP contribution in [0.15, 0.2) is 48.5 Å². The van der Waals surface area contributed by atoms with E-state index in [9.17, 15) is 0 Å². The molecule has 4 heteroatoms. The molecule has 0 aliphatic carbocycles. The zero-order valence-corrected chi connectivity index (χ0v) is 10.3. The van der Waals surface area contributed by atoms with Gasteiger partial charge in [0.2, 0.25) is 0 Å². The van der Waals surface area contributed by atoms with Crippen LogP contribution < -0.4 is 4.52 Å². The molecule has 0 aliphatic heterocycles. The van der Waals surface area contributed by atoms with Crippen LogP contribution in [0.5, 0.6) is 5.75 Å². The number of rotatable bonds is 3. The monoisotopic (exact) mass is 248 g/mol. The maximum absolute atomic E-state index is 8.94. The predicted molar refractivity (Wildman–Crippen MR) is 68.6 cm³/mol. The summed E-state index contributed by atoms with van der Waals surface area (Å²) in [6, 6.07) is 15.3. The van der Waals surface area contributed by atoms with Gasteiger partial charge in [0.25, 0.3) is 0 Å². The highest BCUT2D eigenvalue weighted by Gasteiger charge is 2.10. The number of benzene rings is 2. The molecule has 0 aliphatic rings. The van der Waals surface area contributed by atoms with Crippen LogP contribution in [-0.2, 0) is 0 Å². The quantitative estimate of drug-likeness (QED) is 0.820. The standard InChI is InChI=1S/C13H13O3P/c1-10-7-8-13(16-17(14)15)12(9-10)11-5-3-2-4-6-11/h2-9,14-15H,1H3. The predicted octanol–water partition coefficient (Wildman–Crippen LogP) is 3.25. The molecule has 0 amide bonds. The van der Waals surface area contributed by atoms with E-state index in [1.165, 1.54) is 0 Å². The highest BCUT2D eigenvalue weighted by atomic mass is 31.2. The van der Waals surface area contributed by atoms with Gasteiger partial charge in [-0.25, -0.2) is 0 Å². The third kappa shape index (κ3) is 3.04. The lowest BCUT2D eigenvalue weighted by molar-refractivity contribution is 0.375. The largest absolute Gasteiger partial charge is 0.426 e. The van der Waals surface area contributed by atoms with Gasteiger partial charge in [0.15, 0.2) is 0 Å². The lowest BCUT2D eigenvalue weighted by Gasteiger charge is -2.12. The molecule has 2 N–H and O–H groups in total. The summed E-state index contributed by atoms with van der Waals surface area (Å²) in [6.45, 7) is 1.98. The molecule has 2 aromatic rings. The van der Waals surface area contributed by atoms with E-state index in [0.29, 0.717) is 5.75 Å². The van der Waals surface area contributed by atoms with Crippen molar-refractivity contribution in [3.8, 4) is 16.9 Å². The van der Waals surface area contributed by atoms with Crippen LogP contribution in [0.25, 0.3) is 11.1 Å². The fourth-order valence-corrected chi connectivity index (χ4v) is 1.99. The molecule has 0 unspecified atom stereocenters. The van der Waals surface area contributed by atoms with Crippen molar-refractivity contribution in [2.45, 2.75) is 6.92 Å². The van der Waals surface area contributed by atoms with E-state index in [4.69, 9.17) is 14.3 Å². The van der Waals surface area contributed by atoms with E-state index in [0.717, 1.165) is 16.7 Å². The van der Waals surface area contributed by atoms with E-state index in [2.05, 4.69) is 0 Å². The van der Waals surface area contributed by atoms with Crippen LogP contribution in [0.2, 0.25) is 0 Å². The Morgan fingerprint density at radius 2 is 1.71 bits per heavy atom. The average molecular weight is 248 g/mol. The van der Waals surface area contributed by atoms with Gasteiger partial charge in [0.1, 0.15) is 5.75 Å². The molecular formula is C13H13O3P. The van der Waals surface area contributed by atoms with Crippen molar-refractivity contribution >= 4 is 8.60 Å². The van der Waals surface area contributed by atoms with E-state index >= 15 is 0 Å². The molecule has 0 spiro atoms. The summed E-state index contributed by atoms with van der Waals surface area (Å²) in [7, 11) is -2.39. The summed E-state index contributed by atoms with van der Waals surface area (Å²) < 4.78 is 5.03. The zero-order valence-electron chi connectivity index (χ0n) is 9.37. The fourth-order valence-electron chi connectivity index (χ4n) is 1.65. The van der Waals surface area contributed by atoms with Crippen LogP contribution in [0.1, 0.15) is 5.56 Å². The molecule has 0 bridgehead atoms. The zero-order chi connectivity index (χ0) is 12.3. The Morgan fingerprint density at radius 3 is 2.35 bits per heavy atom. The van der Waals surface area contributed by atoms with Crippen molar-refractivity contribution in [3.63, 3.8) is 0 Å². The van der Waals surface area contributed by atoms with Crippen LogP contribution in [0.3, 0.4) is 0 Å². The third-order valence-electron chi connectivity index (χ3n) is 2.40. The van der Waals surface area contributed by atoms with Gasteiger partial charge in [-0.2, -0.15) is 0 Å². The van der Waals surface area contributed by atoms with Crippen LogP contribution in [-0.4, -0.2) is 9.79 Å². The van der Waals surface area contributed by atoms with Gasteiger partial charge >= 0.3 is 8.60 Å². The van der Waals surface area contributed by atoms with Gasteiger partial charge in [-0.1, -0.05) is 42.0 Å². The average Bonchev–Trinajstić information content (AvgIpc) is 2.32. The molecule has 0 fully saturated rings. The van der Waals surface area contributed by atoms with Crippen molar-refractivity contribution in [3.05, 3.63) is 54.1 Å². The first-order valence-electron chi connectivity index (χ1n) is 5.19. The molecule has 0 saturated heterocycles. The van der Waals surface area contributed by atoms with Gasteiger partial charge in [0.05, 0.1) is 0 Å². The molecule has 17 heavy (non-hydrogen) atoms. The van der Waals surface area contributed by atoms with E-state index in [-0.39, 0.29) is 0 Å². The Bertz CT molecular complexity index is 497. The van der Waals surface area contributed by atoms with Crippen molar-refractivity contribution in [2.24, 2.45) is 0 Å². The highest BCUT2D eigenvalue weighted by molar-refractivity contribution is 7.39. The lowest BCUT2D eigenvalue weighted by Crippen LogP contribution is -1.90. The molecule has 0 atom stereocenters. The Labute approximate surface area is 101 Å². The van der Waals surface area contributed by atoms with Crippen LogP contribution in [0, 0.1) is 6.92 Å². The molecule has 2 rings (SSSR count). The Balaban J connectivity index is 2.47. The highest BCUT2D eigenvalue weighted by Crippen LogP contribution is 2.37. The number of hydrogen-bond acceptors (Lipinski definition) is 3. The molecule has 0 radical (unpaired) electrons. The van der Waals surface area contributed by atoms with Crippen molar-refractivity contribution in [1.82, 2.24) is 0 Å². The second-order valence-electron chi connectivity index (χ2n) is 3.71. The van der Waals surface area contributed by atoms with Crippen LogP contribution in [0.4, 0.5) is 0 Å². The topological polar surface area (TPSA) is 49.7 Å². The number of aryl methyl sites for hydroxylation is 1.